The van der Waals surface area contributed by atoms with E-state index in [1.165, 1.54) is 51.9 Å². The van der Waals surface area contributed by atoms with Crippen molar-refractivity contribution in [2.24, 2.45) is 11.8 Å². The maximum Gasteiger partial charge on any atom is 0.0119 e. The van der Waals surface area contributed by atoms with E-state index in [1.54, 1.807) is 0 Å². The third-order valence-corrected chi connectivity index (χ3v) is 4.94. The summed E-state index contributed by atoms with van der Waals surface area (Å²) in [5.74, 6) is 1.76. The van der Waals surface area contributed by atoms with Crippen molar-refractivity contribution in [2.45, 2.75) is 51.6 Å². The molecule has 19 heavy (non-hydrogen) atoms. The molecule has 0 radical (unpaired) electrons. The van der Waals surface area contributed by atoms with Crippen LogP contribution < -0.4 is 5.32 Å². The molecule has 1 saturated heterocycles. The van der Waals surface area contributed by atoms with Gasteiger partial charge in [0.1, 0.15) is 0 Å². The van der Waals surface area contributed by atoms with Crippen molar-refractivity contribution >= 4 is 0 Å². The number of rotatable bonds is 7. The fourth-order valence-corrected chi connectivity index (χ4v) is 3.45. The van der Waals surface area contributed by atoms with Crippen molar-refractivity contribution < 1.29 is 0 Å². The first-order valence-corrected chi connectivity index (χ1v) is 8.20. The van der Waals surface area contributed by atoms with E-state index >= 15 is 0 Å². The van der Waals surface area contributed by atoms with Gasteiger partial charge in [-0.25, -0.2) is 0 Å². The summed E-state index contributed by atoms with van der Waals surface area (Å²) in [5.41, 5.74) is 0. The van der Waals surface area contributed by atoms with Gasteiger partial charge < -0.3 is 15.1 Å². The van der Waals surface area contributed by atoms with Gasteiger partial charge in [0.2, 0.25) is 0 Å². The van der Waals surface area contributed by atoms with Gasteiger partial charge in [-0.05, 0) is 64.7 Å². The summed E-state index contributed by atoms with van der Waals surface area (Å²) in [5, 5.41) is 3.81. The van der Waals surface area contributed by atoms with Gasteiger partial charge in [-0.2, -0.15) is 0 Å². The molecule has 0 unspecified atom stereocenters. The van der Waals surface area contributed by atoms with Crippen molar-refractivity contribution in [3.05, 3.63) is 0 Å². The Kier molecular flexibility index (Phi) is 5.67. The van der Waals surface area contributed by atoms with Crippen LogP contribution in [-0.2, 0) is 0 Å². The second-order valence-corrected chi connectivity index (χ2v) is 7.10. The summed E-state index contributed by atoms with van der Waals surface area (Å²) in [6.45, 7) is 9.68. The molecule has 1 atom stereocenters. The largest absolute Gasteiger partial charge is 0.312 e. The molecule has 0 amide bonds. The fourth-order valence-electron chi connectivity index (χ4n) is 3.45. The van der Waals surface area contributed by atoms with Crippen molar-refractivity contribution in [2.75, 3.05) is 40.3 Å². The van der Waals surface area contributed by atoms with Crippen LogP contribution in [0.25, 0.3) is 0 Å². The summed E-state index contributed by atoms with van der Waals surface area (Å²) in [6.07, 6.45) is 5.57. The highest BCUT2D eigenvalue weighted by Crippen LogP contribution is 2.35. The van der Waals surface area contributed by atoms with E-state index in [1.807, 2.05) is 0 Å². The van der Waals surface area contributed by atoms with Crippen LogP contribution in [0.1, 0.15) is 39.5 Å². The van der Waals surface area contributed by atoms with Gasteiger partial charge in [-0.3, -0.25) is 0 Å². The Balaban J connectivity index is 1.61. The van der Waals surface area contributed by atoms with Gasteiger partial charge in [0, 0.05) is 25.2 Å². The Hall–Kier alpha value is -0.120. The topological polar surface area (TPSA) is 18.5 Å². The van der Waals surface area contributed by atoms with Gasteiger partial charge in [0.15, 0.2) is 0 Å². The summed E-state index contributed by atoms with van der Waals surface area (Å²) in [7, 11) is 4.43. The van der Waals surface area contributed by atoms with Crippen molar-refractivity contribution in [1.82, 2.24) is 15.1 Å². The Labute approximate surface area is 119 Å². The number of likely N-dealkylation sites (tertiary alicyclic amines) is 1. The minimum atomic E-state index is 0.763. The van der Waals surface area contributed by atoms with Crippen LogP contribution in [0.3, 0.4) is 0 Å². The Morgan fingerprint density at radius 3 is 2.21 bits per heavy atom. The molecule has 2 rings (SSSR count). The van der Waals surface area contributed by atoms with Crippen LogP contribution in [0.4, 0.5) is 0 Å². The molecular formula is C16H33N3. The van der Waals surface area contributed by atoms with E-state index in [2.05, 4.69) is 43.1 Å². The molecule has 3 heteroatoms. The molecule has 0 spiro atoms. The predicted molar refractivity (Wildman–Crippen MR) is 82.5 cm³/mol. The standard InChI is InChI=1S/C16H33N3/c1-13(2)16(14-5-6-14)17-9-12-19-10-7-15(8-11-19)18(3)4/h13-17H,5-12H2,1-4H3/t16-/m0/s1. The molecule has 2 aliphatic rings. The minimum Gasteiger partial charge on any atom is -0.312 e. The normalized spacial score (nSPS) is 24.3. The van der Waals surface area contributed by atoms with E-state index in [0.29, 0.717) is 0 Å². The summed E-state index contributed by atoms with van der Waals surface area (Å²) >= 11 is 0. The van der Waals surface area contributed by atoms with E-state index in [4.69, 9.17) is 0 Å². The maximum atomic E-state index is 3.81. The number of piperidine rings is 1. The molecule has 112 valence electrons. The van der Waals surface area contributed by atoms with E-state index in [-0.39, 0.29) is 0 Å². The predicted octanol–water partition coefficient (Wildman–Crippen LogP) is 2.04. The molecule has 1 aliphatic heterocycles. The molecule has 0 aromatic rings. The van der Waals surface area contributed by atoms with E-state index in [0.717, 1.165) is 23.9 Å². The van der Waals surface area contributed by atoms with Crippen molar-refractivity contribution in [1.29, 1.82) is 0 Å². The zero-order valence-corrected chi connectivity index (χ0v) is 13.4. The minimum absolute atomic E-state index is 0.763. The van der Waals surface area contributed by atoms with Crippen LogP contribution >= 0.6 is 0 Å². The Bertz CT molecular complexity index is 251. The van der Waals surface area contributed by atoms with Gasteiger partial charge in [-0.15, -0.1) is 0 Å². The van der Waals surface area contributed by atoms with Crippen LogP contribution in [-0.4, -0.2) is 62.2 Å². The molecule has 0 aromatic carbocycles. The molecule has 3 nitrogen and oxygen atoms in total. The van der Waals surface area contributed by atoms with Crippen molar-refractivity contribution in [3.63, 3.8) is 0 Å². The lowest BCUT2D eigenvalue weighted by molar-refractivity contribution is 0.143. The summed E-state index contributed by atoms with van der Waals surface area (Å²) in [4.78, 5) is 5.02. The Morgan fingerprint density at radius 2 is 1.74 bits per heavy atom. The second-order valence-electron chi connectivity index (χ2n) is 7.10. The Morgan fingerprint density at radius 1 is 1.11 bits per heavy atom. The SMILES string of the molecule is CC(C)[C@H](NCCN1CCC(N(C)C)CC1)C1CC1. The molecule has 1 saturated carbocycles. The third-order valence-electron chi connectivity index (χ3n) is 4.94. The molecule has 0 aromatic heterocycles. The van der Waals surface area contributed by atoms with E-state index < -0.39 is 0 Å². The second kappa shape index (κ2) is 7.05. The molecule has 1 aliphatic carbocycles. The molecule has 2 fully saturated rings. The number of hydrogen-bond donors (Lipinski definition) is 1. The number of nitrogens with zero attached hydrogens (tertiary/aromatic N) is 2. The lowest BCUT2D eigenvalue weighted by Gasteiger charge is -2.35. The molecule has 1 heterocycles. The smallest absolute Gasteiger partial charge is 0.0119 e. The zero-order valence-electron chi connectivity index (χ0n) is 13.4. The van der Waals surface area contributed by atoms with Gasteiger partial charge >= 0.3 is 0 Å². The molecule has 1 N–H and O–H groups in total. The average Bonchev–Trinajstić information content (AvgIpc) is 3.19. The lowest BCUT2D eigenvalue weighted by Crippen LogP contribution is -2.46. The first-order chi connectivity index (χ1) is 9.08. The van der Waals surface area contributed by atoms with Crippen LogP contribution in [0, 0.1) is 11.8 Å². The van der Waals surface area contributed by atoms with Crippen LogP contribution in [0.5, 0.6) is 0 Å². The molecular weight excluding hydrogens is 234 g/mol. The number of nitrogens with one attached hydrogen (secondary N) is 1. The fraction of sp³-hybridized carbons (Fsp3) is 1.00. The highest BCUT2D eigenvalue weighted by atomic mass is 15.2. The maximum absolute atomic E-state index is 3.81. The third kappa shape index (κ3) is 4.73. The monoisotopic (exact) mass is 267 g/mol. The summed E-state index contributed by atoms with van der Waals surface area (Å²) < 4.78 is 0. The first-order valence-electron chi connectivity index (χ1n) is 8.20. The van der Waals surface area contributed by atoms with Crippen molar-refractivity contribution in [3.8, 4) is 0 Å². The number of hydrogen-bond acceptors (Lipinski definition) is 3. The first kappa shape index (κ1) is 15.3. The molecule has 0 bridgehead atoms. The van der Waals surface area contributed by atoms with E-state index in [9.17, 15) is 0 Å². The van der Waals surface area contributed by atoms with Crippen LogP contribution in [0.15, 0.2) is 0 Å². The lowest BCUT2D eigenvalue weighted by atomic mass is 9.99. The zero-order chi connectivity index (χ0) is 13.8. The average molecular weight is 267 g/mol. The highest BCUT2D eigenvalue weighted by molar-refractivity contribution is 4.88. The van der Waals surface area contributed by atoms with Gasteiger partial charge in [0.05, 0.1) is 0 Å². The summed E-state index contributed by atoms with van der Waals surface area (Å²) in [6, 6.07) is 1.57. The quantitative estimate of drug-likeness (QED) is 0.761. The highest BCUT2D eigenvalue weighted by Gasteiger charge is 2.32. The van der Waals surface area contributed by atoms with Crippen LogP contribution in [0.2, 0.25) is 0 Å². The van der Waals surface area contributed by atoms with Gasteiger partial charge in [-0.1, -0.05) is 13.8 Å². The van der Waals surface area contributed by atoms with Gasteiger partial charge in [0.25, 0.3) is 0 Å².